The first-order valence-corrected chi connectivity index (χ1v) is 13.8. The number of ether oxygens (including phenoxy) is 1. The average Bonchev–Trinajstić information content (AvgIpc) is 3.40. The first kappa shape index (κ1) is 28.4. The Hall–Kier alpha value is -5.14. The number of halogens is 1. The summed E-state index contributed by atoms with van der Waals surface area (Å²) in [7, 11) is 0. The summed E-state index contributed by atoms with van der Waals surface area (Å²) >= 11 is 0.768. The molecule has 3 aromatic carbocycles. The summed E-state index contributed by atoms with van der Waals surface area (Å²) in [4.78, 5) is 39.1. The van der Waals surface area contributed by atoms with Gasteiger partial charge in [0.15, 0.2) is 0 Å². The number of hydrogen-bond acceptors (Lipinski definition) is 6. The van der Waals surface area contributed by atoms with Gasteiger partial charge in [-0.25, -0.2) is 4.39 Å². The molecule has 4 aromatic rings. The normalized spacial score (nSPS) is 13.9. The first-order chi connectivity index (χ1) is 20.2. The average molecular weight is 581 g/mol. The van der Waals surface area contributed by atoms with Crippen molar-refractivity contribution in [3.05, 3.63) is 118 Å². The smallest absolute Gasteiger partial charge is 0.294 e. The molecule has 1 aliphatic heterocycles. The van der Waals surface area contributed by atoms with Crippen LogP contribution in [-0.2, 0) is 16.2 Å². The zero-order valence-corrected chi connectivity index (χ0v) is 23.6. The summed E-state index contributed by atoms with van der Waals surface area (Å²) in [6, 6.07) is 24.3. The molecule has 0 aliphatic carbocycles. The van der Waals surface area contributed by atoms with Crippen LogP contribution in [0.1, 0.15) is 28.1 Å². The highest BCUT2D eigenvalue weighted by molar-refractivity contribution is 8.18. The number of anilines is 1. The number of rotatable bonds is 8. The minimum Gasteiger partial charge on any atom is -0.489 e. The fourth-order valence-corrected chi connectivity index (χ4v) is 5.46. The van der Waals surface area contributed by atoms with Crippen molar-refractivity contribution in [2.24, 2.45) is 0 Å². The molecule has 0 unspecified atom stereocenters. The molecular weight excluding hydrogens is 555 g/mol. The molecule has 0 radical (unpaired) electrons. The number of benzene rings is 3. The van der Waals surface area contributed by atoms with Gasteiger partial charge in [-0.05, 0) is 91.8 Å². The highest BCUT2D eigenvalue weighted by atomic mass is 32.2. The molecular formula is C32H25FN4O4S. The van der Waals surface area contributed by atoms with Crippen LogP contribution in [0.15, 0.2) is 83.8 Å². The molecule has 3 amide bonds. The van der Waals surface area contributed by atoms with Gasteiger partial charge >= 0.3 is 0 Å². The lowest BCUT2D eigenvalue weighted by atomic mass is 10.1. The Kier molecular flexibility index (Phi) is 8.22. The third-order valence-corrected chi connectivity index (χ3v) is 7.58. The van der Waals surface area contributed by atoms with Crippen molar-refractivity contribution >= 4 is 40.6 Å². The van der Waals surface area contributed by atoms with Gasteiger partial charge < -0.3 is 14.6 Å². The molecule has 1 fully saturated rings. The molecule has 0 spiro atoms. The first-order valence-electron chi connectivity index (χ1n) is 12.9. The van der Waals surface area contributed by atoms with Crippen LogP contribution < -0.4 is 10.1 Å². The van der Waals surface area contributed by atoms with Crippen LogP contribution in [0, 0.1) is 31.0 Å². The molecule has 1 aliphatic rings. The van der Waals surface area contributed by atoms with Gasteiger partial charge in [-0.1, -0.05) is 24.3 Å². The zero-order chi connectivity index (χ0) is 29.8. The number of imide groups is 1. The van der Waals surface area contributed by atoms with Crippen molar-refractivity contribution in [1.29, 1.82) is 5.26 Å². The van der Waals surface area contributed by atoms with E-state index >= 15 is 0 Å². The lowest BCUT2D eigenvalue weighted by Gasteiger charge is -2.12. The molecule has 42 heavy (non-hydrogen) atoms. The predicted octanol–water partition coefficient (Wildman–Crippen LogP) is 6.36. The van der Waals surface area contributed by atoms with Crippen molar-refractivity contribution in [3.8, 4) is 17.5 Å². The molecule has 1 N–H and O–H groups in total. The van der Waals surface area contributed by atoms with Gasteiger partial charge in [0.25, 0.3) is 11.1 Å². The third-order valence-electron chi connectivity index (χ3n) is 6.67. The maximum atomic E-state index is 13.4. The Morgan fingerprint density at radius 2 is 1.81 bits per heavy atom. The third kappa shape index (κ3) is 6.11. The van der Waals surface area contributed by atoms with Crippen LogP contribution in [0.5, 0.6) is 5.75 Å². The molecule has 0 atom stereocenters. The minimum atomic E-state index is -0.607. The number of nitrogens with zero attached hydrogens (tertiary/aromatic N) is 3. The van der Waals surface area contributed by atoms with Crippen molar-refractivity contribution in [1.82, 2.24) is 9.47 Å². The second-order valence-corrected chi connectivity index (χ2v) is 10.5. The van der Waals surface area contributed by atoms with Gasteiger partial charge in [0.1, 0.15) is 24.7 Å². The van der Waals surface area contributed by atoms with Crippen LogP contribution in [0.2, 0.25) is 0 Å². The number of nitriles is 1. The SMILES string of the molecule is Cc1cc(/C=C2/SC(=O)N(CC(=O)Nc3cccc(F)c3)C2=O)c(C)n1-c1ccc(OCc2ccccc2C#N)cc1. The number of aryl methyl sites for hydroxylation is 1. The predicted molar refractivity (Wildman–Crippen MR) is 158 cm³/mol. The number of carbonyl (C=O) groups excluding carboxylic acids is 3. The maximum absolute atomic E-state index is 13.4. The summed E-state index contributed by atoms with van der Waals surface area (Å²) in [6.07, 6.45) is 1.65. The molecule has 1 aromatic heterocycles. The number of aromatic nitrogens is 1. The molecule has 210 valence electrons. The van der Waals surface area contributed by atoms with Gasteiger partial charge in [0, 0.05) is 28.3 Å². The fraction of sp³-hybridized carbons (Fsp3) is 0.125. The zero-order valence-electron chi connectivity index (χ0n) is 22.8. The standard InChI is InChI=1S/C32H25FN4O4S/c1-20-14-24(15-29-31(39)36(32(40)42-29)18-30(38)35-26-9-5-8-25(33)16-26)21(2)37(20)27-10-12-28(13-11-27)41-19-23-7-4-3-6-22(23)17-34/h3-16H,18-19H2,1-2H3,(H,35,38)/b29-15+. The maximum Gasteiger partial charge on any atom is 0.294 e. The van der Waals surface area contributed by atoms with E-state index in [1.54, 1.807) is 12.1 Å². The Labute approximate surface area is 246 Å². The van der Waals surface area contributed by atoms with Crippen molar-refractivity contribution in [3.63, 3.8) is 0 Å². The van der Waals surface area contributed by atoms with Gasteiger partial charge in [-0.15, -0.1) is 0 Å². The molecule has 8 nitrogen and oxygen atoms in total. The molecule has 2 heterocycles. The summed E-state index contributed by atoms with van der Waals surface area (Å²) < 4.78 is 21.3. The van der Waals surface area contributed by atoms with E-state index in [2.05, 4.69) is 11.4 Å². The summed E-state index contributed by atoms with van der Waals surface area (Å²) in [5.41, 5.74) is 5.04. The van der Waals surface area contributed by atoms with E-state index in [1.165, 1.54) is 18.2 Å². The van der Waals surface area contributed by atoms with E-state index in [4.69, 9.17) is 4.74 Å². The highest BCUT2D eigenvalue weighted by Crippen LogP contribution is 2.34. The van der Waals surface area contributed by atoms with Crippen molar-refractivity contribution in [2.75, 3.05) is 11.9 Å². The van der Waals surface area contributed by atoms with Crippen molar-refractivity contribution in [2.45, 2.75) is 20.5 Å². The van der Waals surface area contributed by atoms with Crippen LogP contribution in [-0.4, -0.2) is 33.1 Å². The second-order valence-electron chi connectivity index (χ2n) is 9.54. The van der Waals surface area contributed by atoms with E-state index < -0.39 is 29.4 Å². The van der Waals surface area contributed by atoms with Gasteiger partial charge in [-0.2, -0.15) is 5.26 Å². The Morgan fingerprint density at radius 1 is 1.05 bits per heavy atom. The van der Waals surface area contributed by atoms with Gasteiger partial charge in [0.2, 0.25) is 5.91 Å². The van der Waals surface area contributed by atoms with Crippen LogP contribution in [0.4, 0.5) is 14.9 Å². The largest absolute Gasteiger partial charge is 0.489 e. The fourth-order valence-electron chi connectivity index (χ4n) is 4.63. The van der Waals surface area contributed by atoms with Crippen LogP contribution in [0.3, 0.4) is 0 Å². The number of nitrogens with one attached hydrogen (secondary N) is 1. The Balaban J connectivity index is 1.28. The van der Waals surface area contributed by atoms with E-state index in [-0.39, 0.29) is 17.2 Å². The summed E-state index contributed by atoms with van der Waals surface area (Å²) in [6.45, 7) is 3.65. The quantitative estimate of drug-likeness (QED) is 0.243. The van der Waals surface area contributed by atoms with Gasteiger partial charge in [-0.3, -0.25) is 19.3 Å². The number of carbonyl (C=O) groups is 3. The molecule has 10 heteroatoms. The minimum absolute atomic E-state index is 0.209. The number of thioether (sulfide) groups is 1. The number of hydrogen-bond donors (Lipinski definition) is 1. The van der Waals surface area contributed by atoms with E-state index in [0.717, 1.165) is 50.9 Å². The summed E-state index contributed by atoms with van der Waals surface area (Å²) in [5, 5.41) is 11.2. The topological polar surface area (TPSA) is 104 Å². The molecule has 1 saturated heterocycles. The van der Waals surface area contributed by atoms with E-state index in [9.17, 15) is 24.0 Å². The van der Waals surface area contributed by atoms with E-state index in [1.807, 2.05) is 66.9 Å². The van der Waals surface area contributed by atoms with E-state index in [0.29, 0.717) is 11.3 Å². The molecule has 5 rings (SSSR count). The van der Waals surface area contributed by atoms with Crippen molar-refractivity contribution < 1.29 is 23.5 Å². The summed E-state index contributed by atoms with van der Waals surface area (Å²) in [5.74, 6) is -1.03. The molecule has 0 saturated carbocycles. The van der Waals surface area contributed by atoms with Crippen LogP contribution >= 0.6 is 11.8 Å². The second kappa shape index (κ2) is 12.2. The lowest BCUT2D eigenvalue weighted by Crippen LogP contribution is -2.36. The Morgan fingerprint density at radius 3 is 2.55 bits per heavy atom. The Bertz CT molecular complexity index is 1770. The van der Waals surface area contributed by atoms with Crippen LogP contribution in [0.25, 0.3) is 11.8 Å². The van der Waals surface area contributed by atoms with Gasteiger partial charge in [0.05, 0.1) is 16.5 Å². The number of amides is 3. The lowest BCUT2D eigenvalue weighted by molar-refractivity contribution is -0.127. The monoisotopic (exact) mass is 580 g/mol. The highest BCUT2D eigenvalue weighted by Gasteiger charge is 2.36. The molecule has 0 bridgehead atoms.